The fourth-order valence-corrected chi connectivity index (χ4v) is 5.48. The van der Waals surface area contributed by atoms with Crippen molar-refractivity contribution in [2.24, 2.45) is 0 Å². The molecule has 0 spiro atoms. The summed E-state index contributed by atoms with van der Waals surface area (Å²) in [6, 6.07) is 19.6. The minimum Gasteiger partial charge on any atom is -0.354 e. The molecule has 0 fully saturated rings. The Morgan fingerprint density at radius 1 is 0.947 bits per heavy atom. The summed E-state index contributed by atoms with van der Waals surface area (Å²) in [6.07, 6.45) is 1.69. The van der Waals surface area contributed by atoms with Crippen LogP contribution >= 0.6 is 0 Å². The summed E-state index contributed by atoms with van der Waals surface area (Å²) in [5, 5.41) is 2.84. The lowest BCUT2D eigenvalue weighted by Crippen LogP contribution is -2.51. The number of nitrogens with zero attached hydrogens (tertiary/aromatic N) is 2. The molecule has 2 amide bonds. The van der Waals surface area contributed by atoms with Gasteiger partial charge in [0.05, 0.1) is 10.6 Å². The summed E-state index contributed by atoms with van der Waals surface area (Å²) in [5.41, 5.74) is 1.66. The highest BCUT2D eigenvalue weighted by Crippen LogP contribution is 2.27. The Balaban J connectivity index is 1.99. The largest absolute Gasteiger partial charge is 0.354 e. The van der Waals surface area contributed by atoms with Crippen LogP contribution in [-0.2, 0) is 26.2 Å². The Morgan fingerprint density at radius 3 is 2.21 bits per heavy atom. The number of benzene rings is 3. The van der Waals surface area contributed by atoms with Crippen LogP contribution in [-0.4, -0.2) is 44.3 Å². The van der Waals surface area contributed by atoms with Crippen molar-refractivity contribution in [2.45, 2.75) is 51.1 Å². The molecule has 38 heavy (non-hydrogen) atoms. The van der Waals surface area contributed by atoms with Gasteiger partial charge in [-0.15, -0.1) is 0 Å². The van der Waals surface area contributed by atoms with E-state index in [0.29, 0.717) is 23.4 Å². The number of rotatable bonds is 12. The number of amides is 2. The Hall–Kier alpha value is -3.72. The number of hydrogen-bond donors (Lipinski definition) is 1. The number of carbonyl (C=O) groups is 2. The molecule has 0 bridgehead atoms. The molecular formula is C29H34FN3O4S. The Kier molecular flexibility index (Phi) is 10.0. The van der Waals surface area contributed by atoms with Crippen LogP contribution in [0.2, 0.25) is 0 Å². The van der Waals surface area contributed by atoms with E-state index in [1.54, 1.807) is 56.3 Å². The van der Waals surface area contributed by atoms with E-state index >= 15 is 0 Å². The third kappa shape index (κ3) is 7.19. The van der Waals surface area contributed by atoms with Gasteiger partial charge in [-0.2, -0.15) is 0 Å². The van der Waals surface area contributed by atoms with Gasteiger partial charge in [-0.3, -0.25) is 13.9 Å². The van der Waals surface area contributed by atoms with E-state index < -0.39 is 34.3 Å². The van der Waals surface area contributed by atoms with Crippen LogP contribution < -0.4 is 9.62 Å². The first-order valence-electron chi connectivity index (χ1n) is 12.6. The van der Waals surface area contributed by atoms with E-state index in [-0.39, 0.29) is 17.3 Å². The molecule has 0 saturated heterocycles. The zero-order valence-electron chi connectivity index (χ0n) is 21.9. The van der Waals surface area contributed by atoms with Crippen molar-refractivity contribution in [2.75, 3.05) is 17.4 Å². The van der Waals surface area contributed by atoms with Gasteiger partial charge < -0.3 is 10.2 Å². The highest BCUT2D eigenvalue weighted by molar-refractivity contribution is 7.92. The summed E-state index contributed by atoms with van der Waals surface area (Å²) in [5.74, 6) is -1.32. The summed E-state index contributed by atoms with van der Waals surface area (Å²) >= 11 is 0. The molecule has 0 saturated carbocycles. The number of para-hydroxylation sites is 1. The summed E-state index contributed by atoms with van der Waals surface area (Å²) in [7, 11) is -4.11. The van der Waals surface area contributed by atoms with Crippen LogP contribution in [0.1, 0.15) is 37.8 Å². The number of halogens is 1. The molecule has 0 aliphatic rings. The lowest BCUT2D eigenvalue weighted by Gasteiger charge is -2.32. The molecule has 3 aromatic rings. The van der Waals surface area contributed by atoms with Crippen molar-refractivity contribution in [3.05, 3.63) is 95.8 Å². The normalized spacial score (nSPS) is 12.0. The number of aryl methyl sites for hydroxylation is 1. The Bertz CT molecular complexity index is 1330. The fourth-order valence-electron chi connectivity index (χ4n) is 3.98. The van der Waals surface area contributed by atoms with Gasteiger partial charge in [-0.1, -0.05) is 61.9 Å². The van der Waals surface area contributed by atoms with E-state index in [2.05, 4.69) is 5.32 Å². The third-order valence-corrected chi connectivity index (χ3v) is 8.03. The smallest absolute Gasteiger partial charge is 0.264 e. The molecule has 3 rings (SSSR count). The second-order valence-electron chi connectivity index (χ2n) is 9.08. The van der Waals surface area contributed by atoms with Gasteiger partial charge in [0.2, 0.25) is 11.8 Å². The van der Waals surface area contributed by atoms with Crippen LogP contribution in [0.15, 0.2) is 83.8 Å². The number of nitrogens with one attached hydrogen (secondary N) is 1. The monoisotopic (exact) mass is 539 g/mol. The molecule has 1 atom stereocenters. The molecule has 9 heteroatoms. The number of carbonyl (C=O) groups excluding carboxylic acids is 2. The van der Waals surface area contributed by atoms with Crippen LogP contribution in [0.25, 0.3) is 0 Å². The lowest BCUT2D eigenvalue weighted by molar-refractivity contribution is -0.139. The Morgan fingerprint density at radius 2 is 1.58 bits per heavy atom. The Labute approximate surface area is 224 Å². The second kappa shape index (κ2) is 13.2. The van der Waals surface area contributed by atoms with Crippen molar-refractivity contribution in [1.29, 1.82) is 0 Å². The summed E-state index contributed by atoms with van der Waals surface area (Å²) in [4.78, 5) is 28.1. The number of hydrogen-bond acceptors (Lipinski definition) is 4. The van der Waals surface area contributed by atoms with Gasteiger partial charge in [0.25, 0.3) is 10.0 Å². The molecule has 3 aromatic carbocycles. The second-order valence-corrected chi connectivity index (χ2v) is 10.9. The van der Waals surface area contributed by atoms with Crippen molar-refractivity contribution < 1.29 is 22.4 Å². The van der Waals surface area contributed by atoms with Crippen molar-refractivity contribution in [3.63, 3.8) is 0 Å². The molecule has 202 valence electrons. The lowest BCUT2D eigenvalue weighted by atomic mass is 10.1. The van der Waals surface area contributed by atoms with E-state index in [1.807, 2.05) is 6.92 Å². The fraction of sp³-hybridized carbons (Fsp3) is 0.310. The van der Waals surface area contributed by atoms with Gasteiger partial charge in [0.1, 0.15) is 18.4 Å². The standard InChI is InChI=1S/C29H34FN3O4S/c1-4-5-19-31-29(35)23(3)32(20-24-15-17-25(30)18-16-24)28(34)21-33(27-14-10-9-11-22(27)2)38(36,37)26-12-7-6-8-13-26/h6-18,23H,4-5,19-21H2,1-3H3,(H,31,35). The first-order chi connectivity index (χ1) is 18.1. The van der Waals surface area contributed by atoms with Gasteiger partial charge in [-0.25, -0.2) is 12.8 Å². The average Bonchev–Trinajstić information content (AvgIpc) is 2.92. The van der Waals surface area contributed by atoms with E-state index in [9.17, 15) is 22.4 Å². The first kappa shape index (κ1) is 28.8. The van der Waals surface area contributed by atoms with E-state index in [4.69, 9.17) is 0 Å². The SMILES string of the molecule is CCCCNC(=O)C(C)N(Cc1ccc(F)cc1)C(=O)CN(c1ccccc1C)S(=O)(=O)c1ccccc1. The van der Waals surface area contributed by atoms with Crippen LogP contribution in [0.3, 0.4) is 0 Å². The summed E-state index contributed by atoms with van der Waals surface area (Å²) in [6.45, 7) is 5.34. The third-order valence-electron chi connectivity index (χ3n) is 6.26. The van der Waals surface area contributed by atoms with Crippen LogP contribution in [0, 0.1) is 12.7 Å². The zero-order valence-corrected chi connectivity index (χ0v) is 22.7. The van der Waals surface area contributed by atoms with Crippen molar-refractivity contribution in [3.8, 4) is 0 Å². The number of unbranched alkanes of at least 4 members (excludes halogenated alkanes) is 1. The molecule has 7 nitrogen and oxygen atoms in total. The highest BCUT2D eigenvalue weighted by atomic mass is 32.2. The molecule has 0 aliphatic heterocycles. The van der Waals surface area contributed by atoms with Crippen LogP contribution in [0.5, 0.6) is 0 Å². The maximum absolute atomic E-state index is 13.8. The minimum atomic E-state index is -4.11. The van der Waals surface area contributed by atoms with Gasteiger partial charge in [-0.05, 0) is 61.7 Å². The molecular weight excluding hydrogens is 505 g/mol. The van der Waals surface area contributed by atoms with E-state index in [0.717, 1.165) is 17.1 Å². The minimum absolute atomic E-state index is 0.00841. The molecule has 0 aliphatic carbocycles. The maximum Gasteiger partial charge on any atom is 0.264 e. The molecule has 1 unspecified atom stereocenters. The summed E-state index contributed by atoms with van der Waals surface area (Å²) < 4.78 is 42.1. The van der Waals surface area contributed by atoms with E-state index in [1.165, 1.54) is 41.3 Å². The van der Waals surface area contributed by atoms with Crippen molar-refractivity contribution >= 4 is 27.5 Å². The number of anilines is 1. The quantitative estimate of drug-likeness (QED) is 0.339. The van der Waals surface area contributed by atoms with Gasteiger partial charge in [0.15, 0.2) is 0 Å². The van der Waals surface area contributed by atoms with Crippen LogP contribution in [0.4, 0.5) is 10.1 Å². The highest BCUT2D eigenvalue weighted by Gasteiger charge is 2.32. The maximum atomic E-state index is 13.8. The first-order valence-corrected chi connectivity index (χ1v) is 14.0. The topological polar surface area (TPSA) is 86.8 Å². The number of sulfonamides is 1. The van der Waals surface area contributed by atoms with Gasteiger partial charge in [0, 0.05) is 13.1 Å². The van der Waals surface area contributed by atoms with Crippen molar-refractivity contribution in [1.82, 2.24) is 10.2 Å². The van der Waals surface area contributed by atoms with Gasteiger partial charge >= 0.3 is 0 Å². The predicted molar refractivity (Wildman–Crippen MR) is 146 cm³/mol. The molecule has 0 aromatic heterocycles. The predicted octanol–water partition coefficient (Wildman–Crippen LogP) is 4.66. The average molecular weight is 540 g/mol. The zero-order chi connectivity index (χ0) is 27.7. The molecule has 1 N–H and O–H groups in total. The molecule has 0 heterocycles. The molecule has 0 radical (unpaired) electrons.